The molecule has 0 aliphatic rings. The zero-order chi connectivity index (χ0) is 57.3. The molecule has 0 fully saturated rings. The first-order valence-corrected chi connectivity index (χ1v) is 35.6. The predicted octanol–water partition coefficient (Wildman–Crippen LogP) is 22.1. The van der Waals surface area contributed by atoms with Crippen molar-refractivity contribution in [2.45, 2.75) is 354 Å². The third-order valence-electron chi connectivity index (χ3n) is 15.2. The maximum Gasteiger partial charge on any atom is 0.472 e. The van der Waals surface area contributed by atoms with E-state index in [1.54, 1.807) is 0 Å². The van der Waals surface area contributed by atoms with E-state index in [0.717, 1.165) is 70.6 Å². The van der Waals surface area contributed by atoms with Gasteiger partial charge >= 0.3 is 19.8 Å². The summed E-state index contributed by atoms with van der Waals surface area (Å²) in [4.78, 5) is 35.3. The van der Waals surface area contributed by atoms with Crippen LogP contribution in [0, 0.1) is 0 Å². The molecule has 2 unspecified atom stereocenters. The van der Waals surface area contributed by atoms with E-state index in [-0.39, 0.29) is 38.6 Å². The predicted molar refractivity (Wildman–Crippen MR) is 340 cm³/mol. The number of phosphoric ester groups is 1. The molecule has 0 aromatic rings. The van der Waals surface area contributed by atoms with Crippen molar-refractivity contribution in [1.82, 2.24) is 0 Å². The minimum Gasteiger partial charge on any atom is -0.462 e. The molecular formula is C69H130NO8P. The van der Waals surface area contributed by atoms with Crippen LogP contribution in [-0.4, -0.2) is 49.3 Å². The molecular weight excluding hydrogens is 1000 g/mol. The smallest absolute Gasteiger partial charge is 0.462 e. The molecule has 79 heavy (non-hydrogen) atoms. The fourth-order valence-electron chi connectivity index (χ4n) is 10.1. The summed E-state index contributed by atoms with van der Waals surface area (Å²) in [6.45, 7) is 3.77. The van der Waals surface area contributed by atoms with Gasteiger partial charge in [0.2, 0.25) is 0 Å². The summed E-state index contributed by atoms with van der Waals surface area (Å²) in [7, 11) is -4.39. The minimum atomic E-state index is -4.39. The van der Waals surface area contributed by atoms with Crippen molar-refractivity contribution < 1.29 is 37.6 Å². The van der Waals surface area contributed by atoms with Gasteiger partial charge in [-0.05, 0) is 77.0 Å². The molecule has 3 N–H and O–H groups in total. The summed E-state index contributed by atoms with van der Waals surface area (Å²) >= 11 is 0. The van der Waals surface area contributed by atoms with Gasteiger partial charge in [-0.3, -0.25) is 18.6 Å². The van der Waals surface area contributed by atoms with Crippen LogP contribution in [0.5, 0.6) is 0 Å². The highest BCUT2D eigenvalue weighted by molar-refractivity contribution is 7.47. The number of ether oxygens (including phenoxy) is 2. The van der Waals surface area contributed by atoms with E-state index < -0.39 is 26.5 Å². The molecule has 0 aromatic heterocycles. The van der Waals surface area contributed by atoms with E-state index >= 15 is 0 Å². The second kappa shape index (κ2) is 65.1. The number of hydrogen-bond donors (Lipinski definition) is 2. The summed E-state index contributed by atoms with van der Waals surface area (Å²) in [5.74, 6) is -0.828. The van der Waals surface area contributed by atoms with Crippen molar-refractivity contribution in [3.8, 4) is 0 Å². The van der Waals surface area contributed by atoms with Crippen LogP contribution in [0.15, 0.2) is 48.6 Å². The van der Waals surface area contributed by atoms with Gasteiger partial charge in [-0.1, -0.05) is 306 Å². The molecule has 0 radical (unpaired) electrons. The van der Waals surface area contributed by atoms with Crippen LogP contribution in [0.25, 0.3) is 0 Å². The normalized spacial score (nSPS) is 13.2. The molecule has 0 aromatic carbocycles. The van der Waals surface area contributed by atoms with E-state index in [1.165, 1.54) is 244 Å². The van der Waals surface area contributed by atoms with Crippen LogP contribution in [-0.2, 0) is 32.7 Å². The van der Waals surface area contributed by atoms with E-state index in [1.807, 2.05) is 0 Å². The highest BCUT2D eigenvalue weighted by Gasteiger charge is 2.26. The Hall–Kier alpha value is -2.03. The third-order valence-corrected chi connectivity index (χ3v) is 16.2. The number of allylic oxidation sites excluding steroid dienone is 8. The van der Waals surface area contributed by atoms with Gasteiger partial charge in [-0.15, -0.1) is 0 Å². The monoisotopic (exact) mass is 1130 g/mol. The lowest BCUT2D eigenvalue weighted by Gasteiger charge is -2.19. The Morgan fingerprint density at radius 2 is 0.658 bits per heavy atom. The largest absolute Gasteiger partial charge is 0.472 e. The second-order valence-electron chi connectivity index (χ2n) is 23.0. The first-order valence-electron chi connectivity index (χ1n) is 34.1. The fraction of sp³-hybridized carbons (Fsp3) is 0.855. The van der Waals surface area contributed by atoms with Gasteiger partial charge in [0.05, 0.1) is 13.2 Å². The number of carbonyl (C=O) groups is 2. The number of rotatable bonds is 65. The molecule has 9 nitrogen and oxygen atoms in total. The van der Waals surface area contributed by atoms with Crippen LogP contribution < -0.4 is 5.73 Å². The van der Waals surface area contributed by atoms with Gasteiger partial charge in [-0.2, -0.15) is 0 Å². The minimum absolute atomic E-state index is 0.0513. The topological polar surface area (TPSA) is 134 Å². The average Bonchev–Trinajstić information content (AvgIpc) is 3.44. The summed E-state index contributed by atoms with van der Waals surface area (Å²) in [5, 5.41) is 0. The van der Waals surface area contributed by atoms with Crippen molar-refractivity contribution in [2.75, 3.05) is 26.4 Å². The molecule has 2 atom stereocenters. The maximum atomic E-state index is 12.7. The number of nitrogens with two attached hydrogens (primary N) is 1. The van der Waals surface area contributed by atoms with Crippen molar-refractivity contribution in [3.05, 3.63) is 48.6 Å². The molecule has 0 aliphatic heterocycles. The second-order valence-corrected chi connectivity index (χ2v) is 24.5. The molecule has 0 saturated heterocycles. The van der Waals surface area contributed by atoms with Gasteiger partial charge in [-0.25, -0.2) is 4.57 Å². The number of carbonyl (C=O) groups excluding carboxylic acids is 2. The maximum absolute atomic E-state index is 12.7. The summed E-state index contributed by atoms with van der Waals surface area (Å²) in [5.41, 5.74) is 5.39. The van der Waals surface area contributed by atoms with Gasteiger partial charge in [0.15, 0.2) is 6.10 Å². The lowest BCUT2D eigenvalue weighted by atomic mass is 10.0. The van der Waals surface area contributed by atoms with Crippen LogP contribution >= 0.6 is 7.82 Å². The molecule has 0 spiro atoms. The molecule has 10 heteroatoms. The van der Waals surface area contributed by atoms with Gasteiger partial charge in [0.25, 0.3) is 0 Å². The Bertz CT molecular complexity index is 1430. The Morgan fingerprint density at radius 1 is 0.380 bits per heavy atom. The highest BCUT2D eigenvalue weighted by Crippen LogP contribution is 2.43. The highest BCUT2D eigenvalue weighted by atomic mass is 31.2. The number of unbranched alkanes of at least 4 members (excludes halogenated alkanes) is 44. The van der Waals surface area contributed by atoms with Crippen LogP contribution in [0.3, 0.4) is 0 Å². The number of phosphoric acid groups is 1. The zero-order valence-corrected chi connectivity index (χ0v) is 53.0. The van der Waals surface area contributed by atoms with Crippen LogP contribution in [0.1, 0.15) is 348 Å². The van der Waals surface area contributed by atoms with Gasteiger partial charge < -0.3 is 20.1 Å². The quantitative estimate of drug-likeness (QED) is 0.0264. The number of hydrogen-bond acceptors (Lipinski definition) is 8. The molecule has 0 saturated carbocycles. The standard InChI is InChI=1S/C69H130NO8P/c1-3-5-7-9-11-13-15-17-19-21-23-25-26-27-28-29-30-31-32-33-34-35-36-37-38-39-40-42-43-45-47-49-51-53-55-57-59-61-68(71)75-65-67(66-77-79(73,74)76-64-63-70)78-69(72)62-60-58-56-54-52-50-48-46-44-41-24-22-20-18-16-14-12-10-8-6-4-2/h16,18,21-24,44,46,67H,3-15,17,19-20,25-43,45,47-66,70H2,1-2H3,(H,73,74)/b18-16-,23-21-,24-22-,46-44-. The SMILES string of the molecule is CCCCCCC/C=C\C/C=C\C/C=C\CCCCCCCCC(=O)OC(COC(=O)CCCCCCCCCCCCCCCCCCCCCCCCCCC/C=C\CCCCCCCCCC)COP(=O)(O)OCCN. The van der Waals surface area contributed by atoms with Crippen molar-refractivity contribution in [2.24, 2.45) is 5.73 Å². The molecule has 0 heterocycles. The molecule has 464 valence electrons. The van der Waals surface area contributed by atoms with E-state index in [2.05, 4.69) is 62.5 Å². The number of esters is 2. The third kappa shape index (κ3) is 65.0. The van der Waals surface area contributed by atoms with Crippen molar-refractivity contribution in [3.63, 3.8) is 0 Å². The van der Waals surface area contributed by atoms with Crippen molar-refractivity contribution in [1.29, 1.82) is 0 Å². The van der Waals surface area contributed by atoms with Crippen LogP contribution in [0.4, 0.5) is 0 Å². The van der Waals surface area contributed by atoms with E-state index in [4.69, 9.17) is 24.3 Å². The lowest BCUT2D eigenvalue weighted by Crippen LogP contribution is -2.29. The lowest BCUT2D eigenvalue weighted by molar-refractivity contribution is -0.161. The Balaban J connectivity index is 3.80. The average molecular weight is 1130 g/mol. The molecule has 0 aliphatic carbocycles. The van der Waals surface area contributed by atoms with Crippen LogP contribution in [0.2, 0.25) is 0 Å². The van der Waals surface area contributed by atoms with E-state index in [0.29, 0.717) is 6.42 Å². The van der Waals surface area contributed by atoms with Crippen molar-refractivity contribution >= 4 is 19.8 Å². The Morgan fingerprint density at radius 3 is 0.987 bits per heavy atom. The van der Waals surface area contributed by atoms with E-state index in [9.17, 15) is 19.0 Å². The first-order chi connectivity index (χ1) is 38.8. The molecule has 0 amide bonds. The summed E-state index contributed by atoms with van der Waals surface area (Å²) in [6, 6.07) is 0. The Labute approximate surface area is 489 Å². The fourth-order valence-corrected chi connectivity index (χ4v) is 10.9. The molecule has 0 rings (SSSR count). The first kappa shape index (κ1) is 77.0. The van der Waals surface area contributed by atoms with Gasteiger partial charge in [0, 0.05) is 19.4 Å². The van der Waals surface area contributed by atoms with Gasteiger partial charge in [0.1, 0.15) is 6.61 Å². The Kier molecular flexibility index (Phi) is 63.5. The summed E-state index contributed by atoms with van der Waals surface area (Å²) < 4.78 is 33.1. The summed E-state index contributed by atoms with van der Waals surface area (Å²) in [6.07, 6.45) is 82.2. The zero-order valence-electron chi connectivity index (χ0n) is 52.1. The molecule has 0 bridgehead atoms.